The minimum absolute atomic E-state index is 0.281. The van der Waals surface area contributed by atoms with Gasteiger partial charge in [0.25, 0.3) is 0 Å². The number of rotatable bonds is 4. The van der Waals surface area contributed by atoms with Crippen molar-refractivity contribution in [3.8, 4) is 11.5 Å². The summed E-state index contributed by atoms with van der Waals surface area (Å²) in [6.45, 7) is 0. The zero-order valence-corrected chi connectivity index (χ0v) is 12.8. The highest BCUT2D eigenvalue weighted by Gasteiger charge is 2.35. The molecule has 2 N–H and O–H groups in total. The van der Waals surface area contributed by atoms with Crippen molar-refractivity contribution < 1.29 is 9.47 Å². The number of thioether (sulfide) groups is 1. The molecule has 1 fully saturated rings. The Morgan fingerprint density at radius 1 is 1.05 bits per heavy atom. The van der Waals surface area contributed by atoms with Crippen molar-refractivity contribution in [2.45, 2.75) is 42.5 Å². The predicted molar refractivity (Wildman–Crippen MR) is 80.3 cm³/mol. The summed E-state index contributed by atoms with van der Waals surface area (Å²) in [5.41, 5.74) is 7.55. The highest BCUT2D eigenvalue weighted by atomic mass is 32.2. The summed E-state index contributed by atoms with van der Waals surface area (Å²) < 4.78 is 11.0. The second-order valence-corrected chi connectivity index (χ2v) is 5.91. The first-order valence-electron chi connectivity index (χ1n) is 6.74. The molecular formula is C15H23NO2S. The monoisotopic (exact) mass is 281 g/mol. The van der Waals surface area contributed by atoms with Gasteiger partial charge in [-0.1, -0.05) is 19.3 Å². The summed E-state index contributed by atoms with van der Waals surface area (Å²) in [5, 5.41) is 0. The maximum atomic E-state index is 6.71. The summed E-state index contributed by atoms with van der Waals surface area (Å²) in [6.07, 6.45) is 7.75. The van der Waals surface area contributed by atoms with E-state index in [1.807, 2.05) is 12.1 Å². The first kappa shape index (κ1) is 14.5. The third kappa shape index (κ3) is 2.70. The molecule has 1 aromatic carbocycles. The van der Waals surface area contributed by atoms with E-state index in [9.17, 15) is 0 Å². The number of hydrogen-bond donors (Lipinski definition) is 1. The summed E-state index contributed by atoms with van der Waals surface area (Å²) >= 11 is 1.68. The van der Waals surface area contributed by atoms with E-state index < -0.39 is 0 Å². The molecule has 0 heterocycles. The topological polar surface area (TPSA) is 44.5 Å². The van der Waals surface area contributed by atoms with E-state index in [0.29, 0.717) is 0 Å². The number of methoxy groups -OCH3 is 2. The molecule has 106 valence electrons. The maximum Gasteiger partial charge on any atom is 0.133 e. The Kier molecular flexibility index (Phi) is 4.63. The summed E-state index contributed by atoms with van der Waals surface area (Å²) in [6, 6.07) is 3.93. The summed E-state index contributed by atoms with van der Waals surface area (Å²) in [7, 11) is 3.41. The fourth-order valence-electron chi connectivity index (χ4n) is 2.98. The van der Waals surface area contributed by atoms with Gasteiger partial charge in [-0.15, -0.1) is 11.8 Å². The standard InChI is InChI=1S/C15H23NO2S/c1-17-11-7-8-12(18-2)14(19-3)13(11)15(16)9-5-4-6-10-15/h7-8H,4-6,9-10,16H2,1-3H3. The number of benzene rings is 1. The highest BCUT2D eigenvalue weighted by Crippen LogP contribution is 2.46. The largest absolute Gasteiger partial charge is 0.496 e. The Morgan fingerprint density at radius 3 is 2.16 bits per heavy atom. The van der Waals surface area contributed by atoms with Gasteiger partial charge < -0.3 is 15.2 Å². The van der Waals surface area contributed by atoms with Crippen molar-refractivity contribution in [3.05, 3.63) is 17.7 Å². The molecule has 1 saturated carbocycles. The maximum absolute atomic E-state index is 6.71. The Labute approximate surface area is 119 Å². The Bertz CT molecular complexity index is 442. The summed E-state index contributed by atoms with van der Waals surface area (Å²) in [4.78, 5) is 1.12. The molecule has 0 saturated heterocycles. The van der Waals surface area contributed by atoms with Crippen LogP contribution in [0.1, 0.15) is 37.7 Å². The van der Waals surface area contributed by atoms with Crippen molar-refractivity contribution >= 4 is 11.8 Å². The van der Waals surface area contributed by atoms with Gasteiger partial charge in [-0.3, -0.25) is 0 Å². The molecule has 0 radical (unpaired) electrons. The summed E-state index contributed by atoms with van der Waals surface area (Å²) in [5.74, 6) is 1.77. The van der Waals surface area contributed by atoms with E-state index in [4.69, 9.17) is 15.2 Å². The average molecular weight is 281 g/mol. The molecule has 2 rings (SSSR count). The minimum atomic E-state index is -0.281. The van der Waals surface area contributed by atoms with Gasteiger partial charge in [-0.05, 0) is 31.2 Å². The van der Waals surface area contributed by atoms with E-state index in [-0.39, 0.29) is 5.54 Å². The van der Waals surface area contributed by atoms with Crippen LogP contribution in [-0.2, 0) is 5.54 Å². The smallest absolute Gasteiger partial charge is 0.133 e. The van der Waals surface area contributed by atoms with Gasteiger partial charge in [-0.25, -0.2) is 0 Å². The molecule has 0 spiro atoms. The van der Waals surface area contributed by atoms with Crippen molar-refractivity contribution in [2.24, 2.45) is 5.73 Å². The molecule has 3 nitrogen and oxygen atoms in total. The van der Waals surface area contributed by atoms with Crippen LogP contribution in [0.2, 0.25) is 0 Å². The van der Waals surface area contributed by atoms with Gasteiger partial charge in [0, 0.05) is 11.1 Å². The molecule has 4 heteroatoms. The lowest BCUT2D eigenvalue weighted by atomic mass is 9.77. The fraction of sp³-hybridized carbons (Fsp3) is 0.600. The quantitative estimate of drug-likeness (QED) is 0.857. The second-order valence-electron chi connectivity index (χ2n) is 5.10. The Balaban J connectivity index is 2.57. The molecule has 1 aliphatic rings. The van der Waals surface area contributed by atoms with Crippen LogP contribution in [0, 0.1) is 0 Å². The lowest BCUT2D eigenvalue weighted by Crippen LogP contribution is -2.39. The molecule has 19 heavy (non-hydrogen) atoms. The van der Waals surface area contributed by atoms with E-state index in [1.54, 1.807) is 26.0 Å². The van der Waals surface area contributed by atoms with Gasteiger partial charge in [0.2, 0.25) is 0 Å². The van der Waals surface area contributed by atoms with E-state index in [2.05, 4.69) is 6.26 Å². The highest BCUT2D eigenvalue weighted by molar-refractivity contribution is 7.98. The zero-order valence-electron chi connectivity index (χ0n) is 12.0. The van der Waals surface area contributed by atoms with Crippen LogP contribution in [-0.4, -0.2) is 20.5 Å². The molecule has 0 bridgehead atoms. The molecule has 0 unspecified atom stereocenters. The van der Waals surface area contributed by atoms with E-state index in [1.165, 1.54) is 19.3 Å². The van der Waals surface area contributed by atoms with Crippen molar-refractivity contribution in [1.29, 1.82) is 0 Å². The van der Waals surface area contributed by atoms with Gasteiger partial charge in [0.15, 0.2) is 0 Å². The molecule has 0 atom stereocenters. The molecule has 0 aromatic heterocycles. The van der Waals surface area contributed by atoms with Crippen LogP contribution in [0.15, 0.2) is 17.0 Å². The van der Waals surface area contributed by atoms with Crippen LogP contribution >= 0.6 is 11.8 Å². The van der Waals surface area contributed by atoms with Crippen LogP contribution in [0.5, 0.6) is 11.5 Å². The predicted octanol–water partition coefficient (Wildman–Crippen LogP) is 3.54. The first-order chi connectivity index (χ1) is 9.16. The van der Waals surface area contributed by atoms with Crippen LogP contribution in [0.25, 0.3) is 0 Å². The second kappa shape index (κ2) is 6.06. The number of ether oxygens (including phenoxy) is 2. The van der Waals surface area contributed by atoms with Gasteiger partial charge in [-0.2, -0.15) is 0 Å². The molecular weight excluding hydrogens is 258 g/mol. The van der Waals surface area contributed by atoms with Gasteiger partial charge in [0.05, 0.1) is 19.1 Å². The van der Waals surface area contributed by atoms with Crippen LogP contribution in [0.4, 0.5) is 0 Å². The third-order valence-corrected chi connectivity index (χ3v) is 4.78. The van der Waals surface area contributed by atoms with Gasteiger partial charge >= 0.3 is 0 Å². The van der Waals surface area contributed by atoms with Crippen molar-refractivity contribution in [1.82, 2.24) is 0 Å². The van der Waals surface area contributed by atoms with E-state index in [0.717, 1.165) is 34.8 Å². The lowest BCUT2D eigenvalue weighted by molar-refractivity contribution is 0.281. The average Bonchev–Trinajstić information content (AvgIpc) is 2.46. The van der Waals surface area contributed by atoms with Crippen molar-refractivity contribution in [2.75, 3.05) is 20.5 Å². The zero-order chi connectivity index (χ0) is 13.9. The molecule has 0 amide bonds. The fourth-order valence-corrected chi connectivity index (χ4v) is 3.84. The molecule has 1 aromatic rings. The molecule has 0 aliphatic heterocycles. The number of hydrogen-bond acceptors (Lipinski definition) is 4. The van der Waals surface area contributed by atoms with Crippen LogP contribution in [0.3, 0.4) is 0 Å². The Hall–Kier alpha value is -0.870. The van der Waals surface area contributed by atoms with Crippen LogP contribution < -0.4 is 15.2 Å². The first-order valence-corrected chi connectivity index (χ1v) is 7.97. The molecule has 1 aliphatic carbocycles. The minimum Gasteiger partial charge on any atom is -0.496 e. The van der Waals surface area contributed by atoms with Gasteiger partial charge in [0.1, 0.15) is 11.5 Å². The normalized spacial score (nSPS) is 18.1. The number of nitrogens with two attached hydrogens (primary N) is 1. The van der Waals surface area contributed by atoms with Crippen molar-refractivity contribution in [3.63, 3.8) is 0 Å². The lowest BCUT2D eigenvalue weighted by Gasteiger charge is -2.36. The Morgan fingerprint density at radius 2 is 1.63 bits per heavy atom. The third-order valence-electron chi connectivity index (χ3n) is 3.97. The van der Waals surface area contributed by atoms with E-state index >= 15 is 0 Å². The SMILES string of the molecule is COc1ccc(OC)c(C2(N)CCCCC2)c1SC.